The van der Waals surface area contributed by atoms with Crippen LogP contribution in [0.1, 0.15) is 60.0 Å². The third-order valence-corrected chi connectivity index (χ3v) is 9.48. The molecule has 2 aliphatic rings. The molecule has 1 aliphatic heterocycles. The standard InChI is InChI=1S/C41H36N5O.Pt/c1-27-28(2)46-25-32(47-38-23-29(18-19-42-38)40(3,4)5)24-37(39(46)43-27)41(30-12-11-13-31(22-30)45-21-20-44(6)26-45)35-16-9-7-14-33(35)34-15-8-10-17-36(34)41;/h7-21,23,25-26H,1-6H3;/q-3;. The number of aromatic nitrogens is 3. The summed E-state index contributed by atoms with van der Waals surface area (Å²) in [7, 11) is 2.03. The molecule has 0 amide bonds. The van der Waals surface area contributed by atoms with Crippen LogP contribution in [0, 0.1) is 32.6 Å². The van der Waals surface area contributed by atoms with Gasteiger partial charge in [0.1, 0.15) is 0 Å². The number of imidazole rings is 1. The normalized spacial score (nSPS) is 14.6. The van der Waals surface area contributed by atoms with Crippen molar-refractivity contribution < 1.29 is 25.8 Å². The molecule has 1 aliphatic carbocycles. The van der Waals surface area contributed by atoms with Gasteiger partial charge in [-0.3, -0.25) is 4.98 Å². The van der Waals surface area contributed by atoms with Gasteiger partial charge in [0.25, 0.3) is 0 Å². The number of hydrogen-bond acceptors (Lipinski definition) is 5. The molecule has 7 heteroatoms. The van der Waals surface area contributed by atoms with E-state index in [0.29, 0.717) is 11.6 Å². The topological polar surface area (TPSA) is 45.9 Å². The molecule has 6 nitrogen and oxygen atoms in total. The second-order valence-corrected chi connectivity index (χ2v) is 13.5. The molecule has 6 aromatic rings. The minimum atomic E-state index is -0.788. The number of pyridine rings is 2. The molecule has 0 spiro atoms. The van der Waals surface area contributed by atoms with Crippen LogP contribution in [0.4, 0.5) is 5.69 Å². The van der Waals surface area contributed by atoms with Gasteiger partial charge in [-0.1, -0.05) is 81.1 Å². The predicted molar refractivity (Wildman–Crippen MR) is 186 cm³/mol. The van der Waals surface area contributed by atoms with Crippen LogP contribution in [-0.4, -0.2) is 26.3 Å². The number of anilines is 1. The van der Waals surface area contributed by atoms with Crippen LogP contribution in [0.25, 0.3) is 16.8 Å². The Balaban J connectivity index is 0.00000364. The van der Waals surface area contributed by atoms with Crippen LogP contribution in [0.5, 0.6) is 11.6 Å². The van der Waals surface area contributed by atoms with E-state index in [9.17, 15) is 0 Å². The third-order valence-electron chi connectivity index (χ3n) is 9.48. The van der Waals surface area contributed by atoms with Gasteiger partial charge in [-0.2, -0.15) is 30.9 Å². The molecule has 3 aromatic carbocycles. The number of nitrogens with zero attached hydrogens (tertiary/aromatic N) is 5. The number of fused-ring (bicyclic) bond motifs is 4. The Morgan fingerprint density at radius 3 is 2.23 bits per heavy atom. The first kappa shape index (κ1) is 31.9. The van der Waals surface area contributed by atoms with Gasteiger partial charge in [-0.15, -0.1) is 17.3 Å². The number of rotatable bonds is 5. The van der Waals surface area contributed by atoms with Crippen molar-refractivity contribution in [3.05, 3.63) is 162 Å². The zero-order valence-corrected chi connectivity index (χ0v) is 30.1. The van der Waals surface area contributed by atoms with Gasteiger partial charge >= 0.3 is 0 Å². The molecule has 0 saturated heterocycles. The van der Waals surface area contributed by atoms with Crippen molar-refractivity contribution in [1.82, 2.24) is 19.3 Å². The minimum Gasteiger partial charge on any atom is -0.510 e. The predicted octanol–water partition coefficient (Wildman–Crippen LogP) is 8.74. The Morgan fingerprint density at radius 1 is 0.854 bits per heavy atom. The molecule has 0 fully saturated rings. The SMILES string of the molecule is Cc1nc2c(C3(c4[c-]c(N5C=CN(C)[CH-]5)ccc4)c4ccccc4-c4ccccc43)[c-]c(Oc3cc(C(C)(C)C)ccn3)cn2c1C.[Pt]. The summed E-state index contributed by atoms with van der Waals surface area (Å²) in [5, 5.41) is 0. The largest absolute Gasteiger partial charge is 0.510 e. The molecule has 48 heavy (non-hydrogen) atoms. The van der Waals surface area contributed by atoms with Gasteiger partial charge in [-0.05, 0) is 72.6 Å². The molecule has 0 radical (unpaired) electrons. The van der Waals surface area contributed by atoms with Crippen LogP contribution in [0.3, 0.4) is 0 Å². The molecule has 3 aromatic heterocycles. The van der Waals surface area contributed by atoms with Crippen LogP contribution < -0.4 is 9.64 Å². The Kier molecular flexibility index (Phi) is 7.83. The summed E-state index contributed by atoms with van der Waals surface area (Å²) in [6, 6.07) is 35.5. The van der Waals surface area contributed by atoms with Gasteiger partial charge in [0.05, 0.1) is 0 Å². The van der Waals surface area contributed by atoms with Crippen molar-refractivity contribution in [3.63, 3.8) is 0 Å². The van der Waals surface area contributed by atoms with Crippen molar-refractivity contribution in [2.24, 2.45) is 0 Å². The molecule has 0 bridgehead atoms. The molecule has 8 rings (SSSR count). The summed E-state index contributed by atoms with van der Waals surface area (Å²) < 4.78 is 8.75. The van der Waals surface area contributed by atoms with Gasteiger partial charge in [0, 0.05) is 61.5 Å². The number of benzene rings is 3. The van der Waals surface area contributed by atoms with E-state index in [-0.39, 0.29) is 26.5 Å². The molecule has 0 atom stereocenters. The van der Waals surface area contributed by atoms with E-state index in [1.165, 1.54) is 11.1 Å². The first-order valence-corrected chi connectivity index (χ1v) is 16.0. The molecule has 0 N–H and O–H groups in total. The summed E-state index contributed by atoms with van der Waals surface area (Å²) >= 11 is 0. The van der Waals surface area contributed by atoms with Crippen molar-refractivity contribution in [1.29, 1.82) is 0 Å². The van der Waals surface area contributed by atoms with Crippen molar-refractivity contribution in [3.8, 4) is 22.8 Å². The van der Waals surface area contributed by atoms with E-state index >= 15 is 0 Å². The fourth-order valence-electron chi connectivity index (χ4n) is 7.00. The summed E-state index contributed by atoms with van der Waals surface area (Å²) in [5.74, 6) is 1.10. The van der Waals surface area contributed by atoms with Crippen LogP contribution in [0.15, 0.2) is 104 Å². The van der Waals surface area contributed by atoms with Crippen molar-refractivity contribution >= 4 is 11.3 Å². The molecular formula is C41H36N5OPt-3. The average Bonchev–Trinajstić information content (AvgIpc) is 3.73. The number of hydrogen-bond donors (Lipinski definition) is 0. The van der Waals surface area contributed by atoms with Gasteiger partial charge in [0.2, 0.25) is 5.88 Å². The molecule has 4 heterocycles. The van der Waals surface area contributed by atoms with Gasteiger partial charge < -0.3 is 18.9 Å². The van der Waals surface area contributed by atoms with E-state index in [1.54, 1.807) is 0 Å². The third kappa shape index (κ3) is 4.97. The number of ether oxygens (including phenoxy) is 1. The summed E-state index contributed by atoms with van der Waals surface area (Å²) in [4.78, 5) is 13.9. The fourth-order valence-corrected chi connectivity index (χ4v) is 7.00. The van der Waals surface area contributed by atoms with E-state index in [1.807, 2.05) is 42.7 Å². The Bertz CT molecular complexity index is 2170. The smallest absolute Gasteiger partial charge is 0.216 e. The Hall–Kier alpha value is -4.67. The van der Waals surface area contributed by atoms with Crippen LogP contribution >= 0.6 is 0 Å². The van der Waals surface area contributed by atoms with Crippen molar-refractivity contribution in [2.45, 2.75) is 45.4 Å². The van der Waals surface area contributed by atoms with Crippen LogP contribution in [-0.2, 0) is 31.9 Å². The molecule has 0 unspecified atom stereocenters. The second kappa shape index (κ2) is 11.8. The molecular weight excluding hydrogens is 774 g/mol. The van der Waals surface area contributed by atoms with Gasteiger partial charge in [0.15, 0.2) is 0 Å². The van der Waals surface area contributed by atoms with E-state index in [4.69, 9.17) is 9.72 Å². The zero-order chi connectivity index (χ0) is 32.5. The summed E-state index contributed by atoms with van der Waals surface area (Å²) in [6.45, 7) is 12.8. The zero-order valence-electron chi connectivity index (χ0n) is 27.9. The number of aryl methyl sites for hydroxylation is 2. The van der Waals surface area contributed by atoms with E-state index < -0.39 is 5.41 Å². The van der Waals surface area contributed by atoms with Crippen LogP contribution in [0.2, 0.25) is 0 Å². The van der Waals surface area contributed by atoms with Crippen molar-refractivity contribution in [2.75, 3.05) is 11.9 Å². The Labute approximate surface area is 297 Å². The van der Waals surface area contributed by atoms with E-state index in [0.717, 1.165) is 50.5 Å². The first-order valence-electron chi connectivity index (χ1n) is 16.0. The second-order valence-electron chi connectivity index (χ2n) is 13.5. The molecule has 244 valence electrons. The van der Waals surface area contributed by atoms with Gasteiger partial charge in [-0.25, -0.2) is 4.98 Å². The summed E-state index contributed by atoms with van der Waals surface area (Å²) in [5.41, 5.74) is 10.7. The monoisotopic (exact) mass is 809 g/mol. The maximum absolute atomic E-state index is 6.61. The first-order chi connectivity index (χ1) is 22.6. The maximum Gasteiger partial charge on any atom is 0.216 e. The summed E-state index contributed by atoms with van der Waals surface area (Å²) in [6.07, 6.45) is 7.89. The quantitative estimate of drug-likeness (QED) is 0.163. The maximum atomic E-state index is 6.61. The Morgan fingerprint density at radius 2 is 1.56 bits per heavy atom. The van der Waals surface area contributed by atoms with E-state index in [2.05, 4.69) is 141 Å². The minimum absolute atomic E-state index is 0. The fraction of sp³-hybridized carbons (Fsp3) is 0.195. The average molecular weight is 810 g/mol. The molecule has 0 saturated carbocycles.